The van der Waals surface area contributed by atoms with E-state index < -0.39 is 0 Å². The highest BCUT2D eigenvalue weighted by atomic mass is 16.5. The first-order chi connectivity index (χ1) is 14.6. The number of hydrogen-bond donors (Lipinski definition) is 1. The van der Waals surface area contributed by atoms with Crippen molar-refractivity contribution in [3.63, 3.8) is 0 Å². The van der Waals surface area contributed by atoms with Crippen molar-refractivity contribution in [2.75, 3.05) is 25.5 Å². The average Bonchev–Trinajstić information content (AvgIpc) is 3.24. The number of amides is 1. The molecule has 1 unspecified atom stereocenters. The van der Waals surface area contributed by atoms with Crippen molar-refractivity contribution < 1.29 is 14.1 Å². The standard InChI is InChI=1S/C23H26N4O3/c1-16-5-9-19(10-6-16)24-23(28)18-4-3-13-27(14-18)15-21-25-22(26-30-21)17-7-11-20(29-2)12-8-17/h5-12,18H,3-4,13-15H2,1-2H3,(H,24,28). The monoisotopic (exact) mass is 406 g/mol. The molecule has 1 atom stereocenters. The van der Waals surface area contributed by atoms with E-state index in [1.807, 2.05) is 55.5 Å². The number of nitrogens with one attached hydrogen (secondary N) is 1. The van der Waals surface area contributed by atoms with Gasteiger partial charge >= 0.3 is 0 Å². The van der Waals surface area contributed by atoms with Gasteiger partial charge in [0, 0.05) is 17.8 Å². The molecule has 1 N–H and O–H groups in total. The Kier molecular flexibility index (Phi) is 6.09. The van der Waals surface area contributed by atoms with Gasteiger partial charge in [-0.2, -0.15) is 4.98 Å². The van der Waals surface area contributed by atoms with Crippen molar-refractivity contribution in [1.29, 1.82) is 0 Å². The van der Waals surface area contributed by atoms with Crippen molar-refractivity contribution in [2.24, 2.45) is 5.92 Å². The van der Waals surface area contributed by atoms with Crippen LogP contribution in [0.25, 0.3) is 11.4 Å². The van der Waals surface area contributed by atoms with Gasteiger partial charge in [0.25, 0.3) is 0 Å². The number of piperidine rings is 1. The molecule has 3 aromatic rings. The number of hydrogen-bond acceptors (Lipinski definition) is 6. The summed E-state index contributed by atoms with van der Waals surface area (Å²) in [6.45, 7) is 4.16. The summed E-state index contributed by atoms with van der Waals surface area (Å²) in [5.74, 6) is 1.90. The van der Waals surface area contributed by atoms with E-state index in [0.29, 0.717) is 24.8 Å². The van der Waals surface area contributed by atoms with Crippen LogP contribution in [0.1, 0.15) is 24.3 Å². The number of likely N-dealkylation sites (tertiary alicyclic amines) is 1. The molecule has 0 spiro atoms. The van der Waals surface area contributed by atoms with Gasteiger partial charge in [0.05, 0.1) is 19.6 Å². The van der Waals surface area contributed by atoms with E-state index in [1.54, 1.807) is 7.11 Å². The molecule has 7 nitrogen and oxygen atoms in total. The molecule has 2 heterocycles. The van der Waals surface area contributed by atoms with E-state index in [9.17, 15) is 4.79 Å². The first-order valence-corrected chi connectivity index (χ1v) is 10.2. The van der Waals surface area contributed by atoms with Gasteiger partial charge in [-0.15, -0.1) is 0 Å². The Morgan fingerprint density at radius 3 is 2.70 bits per heavy atom. The summed E-state index contributed by atoms with van der Waals surface area (Å²) >= 11 is 0. The lowest BCUT2D eigenvalue weighted by Crippen LogP contribution is -2.40. The zero-order valence-corrected chi connectivity index (χ0v) is 17.3. The van der Waals surface area contributed by atoms with E-state index in [1.165, 1.54) is 5.56 Å². The first-order valence-electron chi connectivity index (χ1n) is 10.2. The number of carbonyl (C=O) groups is 1. The lowest BCUT2D eigenvalue weighted by atomic mass is 9.97. The number of benzene rings is 2. The second-order valence-corrected chi connectivity index (χ2v) is 7.67. The zero-order valence-electron chi connectivity index (χ0n) is 17.3. The fourth-order valence-electron chi connectivity index (χ4n) is 3.66. The molecule has 1 amide bonds. The second-order valence-electron chi connectivity index (χ2n) is 7.67. The summed E-state index contributed by atoms with van der Waals surface area (Å²) in [6, 6.07) is 15.4. The summed E-state index contributed by atoms with van der Waals surface area (Å²) in [5, 5.41) is 7.12. The van der Waals surface area contributed by atoms with E-state index >= 15 is 0 Å². The van der Waals surface area contributed by atoms with Crippen LogP contribution in [0, 0.1) is 12.8 Å². The van der Waals surface area contributed by atoms with Gasteiger partial charge in [-0.25, -0.2) is 0 Å². The summed E-state index contributed by atoms with van der Waals surface area (Å²) in [7, 11) is 1.63. The molecule has 1 fully saturated rings. The number of rotatable bonds is 6. The predicted molar refractivity (Wildman–Crippen MR) is 114 cm³/mol. The Hall–Kier alpha value is -3.19. The SMILES string of the molecule is COc1ccc(-c2noc(CN3CCCC(C(=O)Nc4ccc(C)cc4)C3)n2)cc1. The summed E-state index contributed by atoms with van der Waals surface area (Å²) in [5.41, 5.74) is 2.88. The molecular weight excluding hydrogens is 380 g/mol. The number of methoxy groups -OCH3 is 1. The van der Waals surface area contributed by atoms with Crippen molar-refractivity contribution >= 4 is 11.6 Å². The number of nitrogens with zero attached hydrogens (tertiary/aromatic N) is 3. The quantitative estimate of drug-likeness (QED) is 0.669. The van der Waals surface area contributed by atoms with E-state index in [0.717, 1.165) is 36.4 Å². The highest BCUT2D eigenvalue weighted by Crippen LogP contribution is 2.23. The van der Waals surface area contributed by atoms with E-state index in [4.69, 9.17) is 9.26 Å². The molecular formula is C23H26N4O3. The van der Waals surface area contributed by atoms with Crippen molar-refractivity contribution in [3.8, 4) is 17.1 Å². The van der Waals surface area contributed by atoms with Gasteiger partial charge in [-0.1, -0.05) is 22.9 Å². The van der Waals surface area contributed by atoms with Gasteiger partial charge < -0.3 is 14.6 Å². The van der Waals surface area contributed by atoms with E-state index in [2.05, 4.69) is 20.4 Å². The van der Waals surface area contributed by atoms with Crippen molar-refractivity contribution in [3.05, 3.63) is 60.0 Å². The third-order valence-corrected chi connectivity index (χ3v) is 5.37. The van der Waals surface area contributed by atoms with Crippen LogP contribution in [0.5, 0.6) is 5.75 Å². The summed E-state index contributed by atoms with van der Waals surface area (Å²) in [6.07, 6.45) is 1.85. The van der Waals surface area contributed by atoms with Crippen LogP contribution in [0.15, 0.2) is 53.1 Å². The summed E-state index contributed by atoms with van der Waals surface area (Å²) < 4.78 is 10.6. The molecule has 0 bridgehead atoms. The lowest BCUT2D eigenvalue weighted by Gasteiger charge is -2.30. The fourth-order valence-corrected chi connectivity index (χ4v) is 3.66. The molecule has 0 radical (unpaired) electrons. The first kappa shape index (κ1) is 20.1. The third-order valence-electron chi connectivity index (χ3n) is 5.37. The Morgan fingerprint density at radius 1 is 1.20 bits per heavy atom. The minimum absolute atomic E-state index is 0.0518. The maximum atomic E-state index is 12.7. The average molecular weight is 406 g/mol. The van der Waals surface area contributed by atoms with Gasteiger partial charge in [-0.3, -0.25) is 9.69 Å². The van der Waals surface area contributed by atoms with Gasteiger partial charge in [0.2, 0.25) is 17.6 Å². The topological polar surface area (TPSA) is 80.5 Å². The van der Waals surface area contributed by atoms with Crippen molar-refractivity contribution in [1.82, 2.24) is 15.0 Å². The number of carbonyl (C=O) groups excluding carboxylic acids is 1. The van der Waals surface area contributed by atoms with Crippen LogP contribution in [-0.4, -0.2) is 41.1 Å². The molecule has 7 heteroatoms. The smallest absolute Gasteiger partial charge is 0.241 e. The Morgan fingerprint density at radius 2 is 1.97 bits per heavy atom. The molecule has 1 aliphatic rings. The third kappa shape index (κ3) is 4.86. The largest absolute Gasteiger partial charge is 0.497 e. The van der Waals surface area contributed by atoms with Crippen LogP contribution < -0.4 is 10.1 Å². The number of aromatic nitrogens is 2. The Bertz CT molecular complexity index is 982. The fraction of sp³-hybridized carbons (Fsp3) is 0.348. The molecule has 1 aromatic heterocycles. The van der Waals surface area contributed by atoms with Gasteiger partial charge in [0.15, 0.2) is 0 Å². The van der Waals surface area contributed by atoms with Crippen molar-refractivity contribution in [2.45, 2.75) is 26.3 Å². The normalized spacial score (nSPS) is 16.9. The van der Waals surface area contributed by atoms with Crippen LogP contribution in [0.2, 0.25) is 0 Å². The molecule has 2 aromatic carbocycles. The Labute approximate surface area is 176 Å². The van der Waals surface area contributed by atoms with Crippen LogP contribution >= 0.6 is 0 Å². The second kappa shape index (κ2) is 9.09. The molecule has 1 aliphatic heterocycles. The number of anilines is 1. The maximum absolute atomic E-state index is 12.7. The lowest BCUT2D eigenvalue weighted by molar-refractivity contribution is -0.121. The number of aryl methyl sites for hydroxylation is 1. The molecule has 1 saturated heterocycles. The van der Waals surface area contributed by atoms with Crippen LogP contribution in [0.4, 0.5) is 5.69 Å². The van der Waals surface area contributed by atoms with Crippen LogP contribution in [0.3, 0.4) is 0 Å². The molecule has 4 rings (SSSR count). The highest BCUT2D eigenvalue weighted by Gasteiger charge is 2.27. The van der Waals surface area contributed by atoms with Gasteiger partial charge in [0.1, 0.15) is 5.75 Å². The summed E-state index contributed by atoms with van der Waals surface area (Å²) in [4.78, 5) is 19.4. The Balaban J connectivity index is 1.35. The van der Waals surface area contributed by atoms with E-state index in [-0.39, 0.29) is 11.8 Å². The number of ether oxygens (including phenoxy) is 1. The minimum atomic E-state index is -0.0518. The molecule has 156 valence electrons. The molecule has 0 aliphatic carbocycles. The predicted octanol–water partition coefficient (Wildman–Crippen LogP) is 3.90. The highest BCUT2D eigenvalue weighted by molar-refractivity contribution is 5.92. The molecule has 30 heavy (non-hydrogen) atoms. The molecule has 0 saturated carbocycles. The zero-order chi connectivity index (χ0) is 20.9. The minimum Gasteiger partial charge on any atom is -0.497 e. The maximum Gasteiger partial charge on any atom is 0.241 e. The van der Waals surface area contributed by atoms with Crippen LogP contribution in [-0.2, 0) is 11.3 Å². The van der Waals surface area contributed by atoms with Gasteiger partial charge in [-0.05, 0) is 62.7 Å².